The van der Waals surface area contributed by atoms with Crippen LogP contribution in [0.25, 0.3) is 0 Å². The number of nitrogens with two attached hydrogens (primary N) is 1. The van der Waals surface area contributed by atoms with Gasteiger partial charge in [-0.15, -0.1) is 5.10 Å². The zero-order valence-corrected chi connectivity index (χ0v) is 14.7. The molecule has 1 aromatic heterocycles. The number of ether oxygens (including phenoxy) is 2. The Morgan fingerprint density at radius 1 is 1.30 bits per heavy atom. The first-order chi connectivity index (χ1) is 11.2. The predicted molar refractivity (Wildman–Crippen MR) is 88.8 cm³/mol. The van der Waals surface area contributed by atoms with Gasteiger partial charge in [-0.1, -0.05) is 11.8 Å². The molecule has 0 unspecified atom stereocenters. The Labute approximate surface area is 140 Å². The van der Waals surface area contributed by atoms with E-state index >= 15 is 0 Å². The van der Waals surface area contributed by atoms with Gasteiger partial charge in [-0.3, -0.25) is 0 Å². The van der Waals surface area contributed by atoms with E-state index in [2.05, 4.69) is 26.9 Å². The maximum Gasteiger partial charge on any atom is 0.209 e. The monoisotopic (exact) mass is 338 g/mol. The fourth-order valence-electron chi connectivity index (χ4n) is 2.12. The highest BCUT2D eigenvalue weighted by atomic mass is 32.2. The number of methoxy groups -OCH3 is 1. The summed E-state index contributed by atoms with van der Waals surface area (Å²) in [5.41, 5.74) is 1.23. The van der Waals surface area contributed by atoms with Gasteiger partial charge < -0.3 is 14.8 Å². The molecule has 0 aliphatic heterocycles. The largest absolute Gasteiger partial charge is 0.493 e. The van der Waals surface area contributed by atoms with Crippen molar-refractivity contribution in [1.82, 2.24) is 20.2 Å². The molecule has 0 aliphatic rings. The molecule has 23 heavy (non-hydrogen) atoms. The highest BCUT2D eigenvalue weighted by molar-refractivity contribution is 7.99. The standard InChI is InChI=1S/C15H23N5O2S/c1-4-22-13-7-6-12(10-14(13)21-3)11-16-8-5-9-23-15-17-18-19-20(15)2/h6-7,10,16H,4-5,8-9,11H2,1-3H3/p+1. The van der Waals surface area contributed by atoms with E-state index in [4.69, 9.17) is 9.47 Å². The number of aromatic nitrogens is 4. The maximum atomic E-state index is 5.53. The Balaban J connectivity index is 1.68. The molecule has 7 nitrogen and oxygen atoms in total. The van der Waals surface area contributed by atoms with E-state index in [1.165, 1.54) is 5.56 Å². The van der Waals surface area contributed by atoms with Crippen molar-refractivity contribution in [3.8, 4) is 11.5 Å². The van der Waals surface area contributed by atoms with E-state index in [1.54, 1.807) is 23.6 Å². The van der Waals surface area contributed by atoms with E-state index in [9.17, 15) is 0 Å². The molecule has 0 spiro atoms. The molecule has 0 atom stereocenters. The van der Waals surface area contributed by atoms with Gasteiger partial charge >= 0.3 is 0 Å². The van der Waals surface area contributed by atoms with Gasteiger partial charge in [0.1, 0.15) is 6.54 Å². The molecule has 0 saturated heterocycles. The first-order valence-corrected chi connectivity index (χ1v) is 8.69. The van der Waals surface area contributed by atoms with Gasteiger partial charge in [0, 0.05) is 24.8 Å². The molecule has 1 heterocycles. The normalized spacial score (nSPS) is 10.7. The molecule has 0 saturated carbocycles. The summed E-state index contributed by atoms with van der Waals surface area (Å²) in [5.74, 6) is 2.60. The van der Waals surface area contributed by atoms with Crippen LogP contribution in [-0.2, 0) is 13.6 Å². The highest BCUT2D eigenvalue weighted by Crippen LogP contribution is 2.27. The summed E-state index contributed by atoms with van der Waals surface area (Å²) in [5, 5.41) is 14.5. The second kappa shape index (κ2) is 9.36. The molecule has 126 valence electrons. The summed E-state index contributed by atoms with van der Waals surface area (Å²) < 4.78 is 12.6. The van der Waals surface area contributed by atoms with Gasteiger partial charge in [0.2, 0.25) is 5.16 Å². The average molecular weight is 338 g/mol. The first-order valence-electron chi connectivity index (χ1n) is 7.71. The fraction of sp³-hybridized carbons (Fsp3) is 0.533. The van der Waals surface area contributed by atoms with Crippen molar-refractivity contribution in [3.05, 3.63) is 23.8 Å². The van der Waals surface area contributed by atoms with Crippen molar-refractivity contribution in [3.63, 3.8) is 0 Å². The third-order valence-electron chi connectivity index (χ3n) is 3.27. The van der Waals surface area contributed by atoms with Crippen LogP contribution < -0.4 is 14.8 Å². The molecular formula is C15H24N5O2S+. The molecule has 2 aromatic rings. The van der Waals surface area contributed by atoms with Crippen molar-refractivity contribution < 1.29 is 14.8 Å². The average Bonchev–Trinajstić information content (AvgIpc) is 2.97. The third-order valence-corrected chi connectivity index (χ3v) is 4.37. The third kappa shape index (κ3) is 5.40. The number of benzene rings is 1. The molecule has 0 amide bonds. The van der Waals surface area contributed by atoms with Gasteiger partial charge in [0.05, 0.1) is 20.3 Å². The number of tetrazole rings is 1. The van der Waals surface area contributed by atoms with Crippen molar-refractivity contribution in [2.24, 2.45) is 7.05 Å². The van der Waals surface area contributed by atoms with Crippen LogP contribution >= 0.6 is 11.8 Å². The molecule has 0 fully saturated rings. The van der Waals surface area contributed by atoms with E-state index < -0.39 is 0 Å². The minimum atomic E-state index is 0.639. The van der Waals surface area contributed by atoms with Crippen LogP contribution in [-0.4, -0.2) is 46.2 Å². The van der Waals surface area contributed by atoms with Gasteiger partial charge in [-0.05, 0) is 35.5 Å². The van der Waals surface area contributed by atoms with Crippen molar-refractivity contribution in [1.29, 1.82) is 0 Å². The summed E-state index contributed by atoms with van der Waals surface area (Å²) >= 11 is 1.68. The topological polar surface area (TPSA) is 78.7 Å². The summed E-state index contributed by atoms with van der Waals surface area (Å²) in [6.45, 7) is 4.60. The Morgan fingerprint density at radius 3 is 2.87 bits per heavy atom. The Kier molecular flexibility index (Phi) is 7.15. The van der Waals surface area contributed by atoms with Crippen molar-refractivity contribution in [2.75, 3.05) is 26.0 Å². The molecule has 2 rings (SSSR count). The highest BCUT2D eigenvalue weighted by Gasteiger charge is 2.06. The van der Waals surface area contributed by atoms with Crippen molar-refractivity contribution in [2.45, 2.75) is 25.0 Å². The summed E-state index contributed by atoms with van der Waals surface area (Å²) in [6.07, 6.45) is 1.10. The molecule has 0 bridgehead atoms. The second-order valence-corrected chi connectivity index (χ2v) is 6.05. The Morgan fingerprint density at radius 2 is 2.17 bits per heavy atom. The van der Waals surface area contributed by atoms with Gasteiger partial charge in [0.25, 0.3) is 0 Å². The molecule has 2 N–H and O–H groups in total. The Hall–Kier alpha value is -1.80. The van der Waals surface area contributed by atoms with Gasteiger partial charge in [0.15, 0.2) is 11.5 Å². The molecular weight excluding hydrogens is 314 g/mol. The fourth-order valence-corrected chi connectivity index (χ4v) is 2.93. The smallest absolute Gasteiger partial charge is 0.209 e. The lowest BCUT2D eigenvalue weighted by atomic mass is 10.2. The van der Waals surface area contributed by atoms with E-state index in [-0.39, 0.29) is 0 Å². The summed E-state index contributed by atoms with van der Waals surface area (Å²) in [7, 11) is 3.53. The van der Waals surface area contributed by atoms with E-state index in [0.29, 0.717) is 6.61 Å². The molecule has 1 aromatic carbocycles. The van der Waals surface area contributed by atoms with Crippen LogP contribution in [0.4, 0.5) is 0 Å². The van der Waals surface area contributed by atoms with E-state index in [0.717, 1.165) is 41.9 Å². The molecule has 0 aliphatic carbocycles. The number of hydrogen-bond donors (Lipinski definition) is 1. The van der Waals surface area contributed by atoms with Crippen LogP contribution in [0.2, 0.25) is 0 Å². The summed E-state index contributed by atoms with van der Waals surface area (Å²) in [6, 6.07) is 6.11. The zero-order valence-electron chi connectivity index (χ0n) is 13.9. The number of aryl methyl sites for hydroxylation is 1. The number of rotatable bonds is 10. The number of quaternary nitrogens is 1. The Bertz CT molecular complexity index is 605. The number of thioether (sulfide) groups is 1. The van der Waals surface area contributed by atoms with Crippen molar-refractivity contribution >= 4 is 11.8 Å². The van der Waals surface area contributed by atoms with Gasteiger partial charge in [-0.25, -0.2) is 4.68 Å². The number of nitrogens with zero attached hydrogens (tertiary/aromatic N) is 4. The first kappa shape index (κ1) is 17.6. The summed E-state index contributed by atoms with van der Waals surface area (Å²) in [4.78, 5) is 0. The quantitative estimate of drug-likeness (QED) is 0.511. The van der Waals surface area contributed by atoms with Crippen LogP contribution in [0, 0.1) is 0 Å². The van der Waals surface area contributed by atoms with Crippen LogP contribution in [0.1, 0.15) is 18.9 Å². The van der Waals surface area contributed by atoms with Crippen LogP contribution in [0.5, 0.6) is 11.5 Å². The lowest BCUT2D eigenvalue weighted by molar-refractivity contribution is -0.670. The molecule has 0 radical (unpaired) electrons. The zero-order chi connectivity index (χ0) is 16.5. The molecule has 8 heteroatoms. The lowest BCUT2D eigenvalue weighted by Crippen LogP contribution is -2.82. The lowest BCUT2D eigenvalue weighted by Gasteiger charge is -2.10. The van der Waals surface area contributed by atoms with Crippen LogP contribution in [0.3, 0.4) is 0 Å². The minimum absolute atomic E-state index is 0.639. The van der Waals surface area contributed by atoms with E-state index in [1.807, 2.05) is 26.1 Å². The predicted octanol–water partition coefficient (Wildman–Crippen LogP) is 0.863. The SMILES string of the molecule is CCOc1ccc(C[NH2+]CCCSc2nnnn2C)cc1OC. The second-order valence-electron chi connectivity index (χ2n) is 4.99. The minimum Gasteiger partial charge on any atom is -0.493 e. The number of hydrogen-bond acceptors (Lipinski definition) is 6. The van der Waals surface area contributed by atoms with Crippen LogP contribution in [0.15, 0.2) is 23.4 Å². The maximum absolute atomic E-state index is 5.53. The van der Waals surface area contributed by atoms with Gasteiger partial charge in [-0.2, -0.15) is 0 Å².